The van der Waals surface area contributed by atoms with Gasteiger partial charge in [-0.05, 0) is 55.9 Å². The Morgan fingerprint density at radius 3 is 2.52 bits per heavy atom. The topological polar surface area (TPSA) is 42.7 Å². The van der Waals surface area contributed by atoms with E-state index >= 15 is 0 Å². The van der Waals surface area contributed by atoms with Gasteiger partial charge >= 0.3 is 0 Å². The number of nitrogens with one attached hydrogen (secondary N) is 1. The van der Waals surface area contributed by atoms with E-state index in [-0.39, 0.29) is 0 Å². The highest BCUT2D eigenvalue weighted by molar-refractivity contribution is 5.49. The van der Waals surface area contributed by atoms with E-state index in [1.165, 1.54) is 44.2 Å². The fourth-order valence-corrected chi connectivity index (χ4v) is 3.29. The molecular formula is C17H24N4. The van der Waals surface area contributed by atoms with E-state index in [1.54, 1.807) is 17.3 Å². The second-order valence-corrected chi connectivity index (χ2v) is 6.04. The minimum absolute atomic E-state index is 0.635. The molecule has 0 spiro atoms. The van der Waals surface area contributed by atoms with E-state index in [0.717, 1.165) is 11.6 Å². The third kappa shape index (κ3) is 3.63. The molecular weight excluding hydrogens is 260 g/mol. The summed E-state index contributed by atoms with van der Waals surface area (Å²) >= 11 is 0. The Morgan fingerprint density at radius 2 is 1.90 bits per heavy atom. The summed E-state index contributed by atoms with van der Waals surface area (Å²) in [6.45, 7) is 2.29. The van der Waals surface area contributed by atoms with Gasteiger partial charge in [0.05, 0.1) is 5.69 Å². The van der Waals surface area contributed by atoms with Crippen molar-refractivity contribution in [3.05, 3.63) is 36.9 Å². The highest BCUT2D eigenvalue weighted by Gasteiger charge is 2.20. The Labute approximate surface area is 126 Å². The first kappa shape index (κ1) is 14.1. The highest BCUT2D eigenvalue weighted by Crippen LogP contribution is 2.29. The number of benzene rings is 1. The lowest BCUT2D eigenvalue weighted by molar-refractivity contribution is 0.319. The van der Waals surface area contributed by atoms with Crippen molar-refractivity contribution < 1.29 is 0 Å². The molecule has 2 aromatic rings. The van der Waals surface area contributed by atoms with Crippen molar-refractivity contribution in [2.24, 2.45) is 5.92 Å². The SMILES string of the molecule is CCCC1CCC(Nc2ccc(-n3cncn3)cc2)CC1. The van der Waals surface area contributed by atoms with Crippen LogP contribution in [0.15, 0.2) is 36.9 Å². The molecule has 1 aromatic heterocycles. The van der Waals surface area contributed by atoms with Crippen molar-refractivity contribution in [1.29, 1.82) is 0 Å². The van der Waals surface area contributed by atoms with Crippen LogP contribution in [-0.4, -0.2) is 20.8 Å². The van der Waals surface area contributed by atoms with Gasteiger partial charge in [-0.3, -0.25) is 0 Å². The number of hydrogen-bond donors (Lipinski definition) is 1. The van der Waals surface area contributed by atoms with Gasteiger partial charge in [0, 0.05) is 11.7 Å². The minimum atomic E-state index is 0.635. The molecule has 4 heteroatoms. The fourth-order valence-electron chi connectivity index (χ4n) is 3.29. The third-order valence-electron chi connectivity index (χ3n) is 4.47. The highest BCUT2D eigenvalue weighted by atomic mass is 15.3. The summed E-state index contributed by atoms with van der Waals surface area (Å²) in [5, 5.41) is 7.81. The molecule has 1 aromatic carbocycles. The van der Waals surface area contributed by atoms with Crippen LogP contribution in [0.25, 0.3) is 5.69 Å². The molecule has 1 N–H and O–H groups in total. The maximum Gasteiger partial charge on any atom is 0.138 e. The molecule has 21 heavy (non-hydrogen) atoms. The monoisotopic (exact) mass is 284 g/mol. The zero-order chi connectivity index (χ0) is 14.5. The maximum atomic E-state index is 4.14. The lowest BCUT2D eigenvalue weighted by atomic mass is 9.83. The van der Waals surface area contributed by atoms with E-state index in [9.17, 15) is 0 Å². The van der Waals surface area contributed by atoms with E-state index < -0.39 is 0 Å². The predicted octanol–water partition coefficient (Wildman–Crippen LogP) is 4.04. The average molecular weight is 284 g/mol. The predicted molar refractivity (Wildman–Crippen MR) is 85.6 cm³/mol. The quantitative estimate of drug-likeness (QED) is 0.901. The minimum Gasteiger partial charge on any atom is -0.382 e. The first-order valence-electron chi connectivity index (χ1n) is 8.06. The Kier molecular flexibility index (Phi) is 4.53. The smallest absolute Gasteiger partial charge is 0.138 e. The molecule has 0 bridgehead atoms. The molecule has 1 heterocycles. The standard InChI is InChI=1S/C17H24N4/c1-2-3-14-4-6-15(7-5-14)20-16-8-10-17(11-9-16)21-13-18-12-19-21/h8-15,20H,2-7H2,1H3. The molecule has 1 fully saturated rings. The molecule has 0 unspecified atom stereocenters. The summed E-state index contributed by atoms with van der Waals surface area (Å²) in [4.78, 5) is 3.97. The van der Waals surface area contributed by atoms with Crippen LogP contribution in [0.3, 0.4) is 0 Å². The van der Waals surface area contributed by atoms with Crippen molar-refractivity contribution >= 4 is 5.69 Å². The van der Waals surface area contributed by atoms with Gasteiger partial charge in [-0.2, -0.15) is 5.10 Å². The van der Waals surface area contributed by atoms with Crippen molar-refractivity contribution in [1.82, 2.24) is 14.8 Å². The second-order valence-electron chi connectivity index (χ2n) is 6.04. The van der Waals surface area contributed by atoms with Gasteiger partial charge in [-0.1, -0.05) is 19.8 Å². The molecule has 1 saturated carbocycles. The van der Waals surface area contributed by atoms with Crippen molar-refractivity contribution in [3.63, 3.8) is 0 Å². The molecule has 0 amide bonds. The van der Waals surface area contributed by atoms with Gasteiger partial charge in [0.25, 0.3) is 0 Å². The molecule has 3 rings (SSSR count). The van der Waals surface area contributed by atoms with Crippen LogP contribution in [0.1, 0.15) is 45.4 Å². The van der Waals surface area contributed by atoms with Gasteiger partial charge in [-0.25, -0.2) is 9.67 Å². The van der Waals surface area contributed by atoms with E-state index in [1.807, 2.05) is 0 Å². The van der Waals surface area contributed by atoms with Crippen LogP contribution >= 0.6 is 0 Å². The van der Waals surface area contributed by atoms with Crippen LogP contribution in [0.5, 0.6) is 0 Å². The zero-order valence-electron chi connectivity index (χ0n) is 12.7. The van der Waals surface area contributed by atoms with Crippen LogP contribution in [0.2, 0.25) is 0 Å². The summed E-state index contributed by atoms with van der Waals surface area (Å²) < 4.78 is 1.78. The lowest BCUT2D eigenvalue weighted by Crippen LogP contribution is -2.26. The summed E-state index contributed by atoms with van der Waals surface area (Å²) in [6.07, 6.45) is 11.4. The number of rotatable bonds is 5. The Morgan fingerprint density at radius 1 is 1.14 bits per heavy atom. The van der Waals surface area contributed by atoms with Crippen LogP contribution in [0, 0.1) is 5.92 Å². The average Bonchev–Trinajstić information content (AvgIpc) is 3.05. The van der Waals surface area contributed by atoms with Crippen LogP contribution in [0.4, 0.5) is 5.69 Å². The molecule has 112 valence electrons. The zero-order valence-corrected chi connectivity index (χ0v) is 12.7. The van der Waals surface area contributed by atoms with Crippen molar-refractivity contribution in [3.8, 4) is 5.69 Å². The van der Waals surface area contributed by atoms with E-state index in [2.05, 4.69) is 46.6 Å². The lowest BCUT2D eigenvalue weighted by Gasteiger charge is -2.29. The van der Waals surface area contributed by atoms with Gasteiger partial charge < -0.3 is 5.32 Å². The number of anilines is 1. The summed E-state index contributed by atoms with van der Waals surface area (Å²) in [6, 6.07) is 9.07. The van der Waals surface area contributed by atoms with Crippen LogP contribution < -0.4 is 5.32 Å². The number of hydrogen-bond acceptors (Lipinski definition) is 3. The number of aromatic nitrogens is 3. The third-order valence-corrected chi connectivity index (χ3v) is 4.47. The van der Waals surface area contributed by atoms with Gasteiger partial charge in [0.2, 0.25) is 0 Å². The summed E-state index contributed by atoms with van der Waals surface area (Å²) in [5.41, 5.74) is 2.25. The molecule has 0 saturated heterocycles. The second kappa shape index (κ2) is 6.74. The largest absolute Gasteiger partial charge is 0.382 e. The first-order valence-corrected chi connectivity index (χ1v) is 8.06. The van der Waals surface area contributed by atoms with E-state index in [0.29, 0.717) is 6.04 Å². The van der Waals surface area contributed by atoms with Gasteiger partial charge in [0.1, 0.15) is 12.7 Å². The molecule has 0 atom stereocenters. The first-order chi connectivity index (χ1) is 10.3. The molecule has 1 aliphatic carbocycles. The van der Waals surface area contributed by atoms with Gasteiger partial charge in [-0.15, -0.1) is 0 Å². The molecule has 0 aliphatic heterocycles. The van der Waals surface area contributed by atoms with Crippen LogP contribution in [-0.2, 0) is 0 Å². The normalized spacial score (nSPS) is 22.1. The molecule has 0 radical (unpaired) electrons. The van der Waals surface area contributed by atoms with Gasteiger partial charge in [0.15, 0.2) is 0 Å². The van der Waals surface area contributed by atoms with Crippen molar-refractivity contribution in [2.45, 2.75) is 51.5 Å². The van der Waals surface area contributed by atoms with Crippen molar-refractivity contribution in [2.75, 3.05) is 5.32 Å². The summed E-state index contributed by atoms with van der Waals surface area (Å²) in [5.74, 6) is 0.961. The summed E-state index contributed by atoms with van der Waals surface area (Å²) in [7, 11) is 0. The Hall–Kier alpha value is -1.84. The van der Waals surface area contributed by atoms with E-state index in [4.69, 9.17) is 0 Å². The number of nitrogens with zero attached hydrogens (tertiary/aromatic N) is 3. The fraction of sp³-hybridized carbons (Fsp3) is 0.529. The molecule has 4 nitrogen and oxygen atoms in total. The Balaban J connectivity index is 1.54. The molecule has 1 aliphatic rings. The maximum absolute atomic E-state index is 4.14. The Bertz CT molecular complexity index is 524.